The molecule has 0 unspecified atom stereocenters. The van der Waals surface area contributed by atoms with E-state index in [0.717, 1.165) is 0 Å². The third-order valence-electron chi connectivity index (χ3n) is 1.62. The highest BCUT2D eigenvalue weighted by atomic mass is 19.2. The molecule has 0 aliphatic carbocycles. The van der Waals surface area contributed by atoms with Crippen LogP contribution in [0, 0.1) is 34.6 Å². The number of amides is 1. The Morgan fingerprint density at radius 2 is 1.75 bits per heavy atom. The molecular formula is C9H4F4N2O. The number of hydrogen-bond donors (Lipinski definition) is 1. The fourth-order valence-corrected chi connectivity index (χ4v) is 0.938. The van der Waals surface area contributed by atoms with Gasteiger partial charge < -0.3 is 5.32 Å². The van der Waals surface area contributed by atoms with Gasteiger partial charge in [-0.25, -0.2) is 17.6 Å². The number of halogens is 4. The Morgan fingerprint density at radius 1 is 1.25 bits per heavy atom. The molecule has 0 radical (unpaired) electrons. The molecule has 84 valence electrons. The topological polar surface area (TPSA) is 52.9 Å². The summed E-state index contributed by atoms with van der Waals surface area (Å²) < 4.78 is 51.2. The number of anilines is 1. The number of carbonyl (C=O) groups is 1. The van der Waals surface area contributed by atoms with Gasteiger partial charge in [0.2, 0.25) is 5.91 Å². The first-order valence-corrected chi connectivity index (χ1v) is 3.97. The maximum absolute atomic E-state index is 13.0. The number of hydrogen-bond acceptors (Lipinski definition) is 2. The summed E-state index contributed by atoms with van der Waals surface area (Å²) in [5, 5.41) is 9.69. The molecule has 7 heteroatoms. The van der Waals surface area contributed by atoms with Crippen molar-refractivity contribution in [2.24, 2.45) is 0 Å². The summed E-state index contributed by atoms with van der Waals surface area (Å²) in [6, 6.07) is 1.43. The summed E-state index contributed by atoms with van der Waals surface area (Å²) in [6.07, 6.45) is -0.684. The number of rotatable bonds is 2. The van der Waals surface area contributed by atoms with E-state index < -0.39 is 41.3 Å². The van der Waals surface area contributed by atoms with E-state index in [9.17, 15) is 22.4 Å². The molecule has 1 rings (SSSR count). The molecule has 1 aromatic rings. The molecule has 0 aromatic heterocycles. The molecule has 0 saturated carbocycles. The van der Waals surface area contributed by atoms with Gasteiger partial charge in [0, 0.05) is 6.07 Å². The first kappa shape index (κ1) is 12.0. The van der Waals surface area contributed by atoms with Crippen molar-refractivity contribution in [3.05, 3.63) is 29.3 Å². The van der Waals surface area contributed by atoms with Crippen LogP contribution in [-0.2, 0) is 4.79 Å². The highest BCUT2D eigenvalue weighted by molar-refractivity contribution is 5.92. The summed E-state index contributed by atoms with van der Waals surface area (Å²) in [6.45, 7) is 0. The Kier molecular flexibility index (Phi) is 3.45. The lowest BCUT2D eigenvalue weighted by Gasteiger charge is -2.07. The van der Waals surface area contributed by atoms with Crippen LogP contribution in [0.4, 0.5) is 23.2 Å². The van der Waals surface area contributed by atoms with Gasteiger partial charge in [-0.05, 0) is 0 Å². The zero-order valence-corrected chi connectivity index (χ0v) is 7.65. The van der Waals surface area contributed by atoms with Crippen molar-refractivity contribution in [1.82, 2.24) is 0 Å². The number of nitrogens with zero attached hydrogens (tertiary/aromatic N) is 1. The lowest BCUT2D eigenvalue weighted by Crippen LogP contribution is -2.14. The molecule has 3 nitrogen and oxygen atoms in total. The molecule has 0 fully saturated rings. The fourth-order valence-electron chi connectivity index (χ4n) is 0.938. The van der Waals surface area contributed by atoms with Gasteiger partial charge in [-0.1, -0.05) is 0 Å². The molecule has 1 N–H and O–H groups in total. The van der Waals surface area contributed by atoms with Gasteiger partial charge in [0.1, 0.15) is 12.1 Å². The van der Waals surface area contributed by atoms with Crippen LogP contribution >= 0.6 is 0 Å². The lowest BCUT2D eigenvalue weighted by atomic mass is 10.2. The van der Waals surface area contributed by atoms with Crippen LogP contribution < -0.4 is 5.32 Å². The molecule has 0 bridgehead atoms. The van der Waals surface area contributed by atoms with Crippen molar-refractivity contribution in [3.63, 3.8) is 0 Å². The summed E-state index contributed by atoms with van der Waals surface area (Å²) in [5.41, 5.74) is -1.24. The van der Waals surface area contributed by atoms with E-state index in [0.29, 0.717) is 0 Å². The van der Waals surface area contributed by atoms with Gasteiger partial charge in [0.25, 0.3) is 0 Å². The highest BCUT2D eigenvalue weighted by Gasteiger charge is 2.20. The Bertz CT molecular complexity index is 455. The number of benzene rings is 1. The average Bonchev–Trinajstić information content (AvgIpc) is 2.22. The standard InChI is InChI=1S/C9H4F4N2O/c10-4-3-5(11)8(13)9(7(4)12)15-6(16)1-2-14/h3H,1H2,(H,15,16). The van der Waals surface area contributed by atoms with E-state index >= 15 is 0 Å². The molecular weight excluding hydrogens is 228 g/mol. The van der Waals surface area contributed by atoms with Crippen LogP contribution in [0.1, 0.15) is 6.42 Å². The lowest BCUT2D eigenvalue weighted by molar-refractivity contribution is -0.115. The summed E-state index contributed by atoms with van der Waals surface area (Å²) in [4.78, 5) is 10.8. The van der Waals surface area contributed by atoms with Crippen LogP contribution in [0.2, 0.25) is 0 Å². The fraction of sp³-hybridized carbons (Fsp3) is 0.111. The van der Waals surface area contributed by atoms with Crippen LogP contribution in [0.3, 0.4) is 0 Å². The van der Waals surface area contributed by atoms with Gasteiger partial charge in [0.05, 0.1) is 6.07 Å². The highest BCUT2D eigenvalue weighted by Crippen LogP contribution is 2.24. The van der Waals surface area contributed by atoms with Crippen LogP contribution in [-0.4, -0.2) is 5.91 Å². The van der Waals surface area contributed by atoms with Crippen LogP contribution in [0.15, 0.2) is 6.07 Å². The van der Waals surface area contributed by atoms with Crippen LogP contribution in [0.25, 0.3) is 0 Å². The molecule has 1 amide bonds. The van der Waals surface area contributed by atoms with Crippen molar-refractivity contribution < 1.29 is 22.4 Å². The van der Waals surface area contributed by atoms with Gasteiger partial charge in [0.15, 0.2) is 23.3 Å². The Morgan fingerprint density at radius 3 is 2.19 bits per heavy atom. The molecule has 0 aliphatic rings. The summed E-state index contributed by atoms with van der Waals surface area (Å²) in [7, 11) is 0. The quantitative estimate of drug-likeness (QED) is 0.627. The maximum Gasteiger partial charge on any atom is 0.238 e. The molecule has 1 aromatic carbocycles. The van der Waals surface area contributed by atoms with Gasteiger partial charge in [-0.3, -0.25) is 4.79 Å². The minimum atomic E-state index is -1.72. The molecule has 0 saturated heterocycles. The van der Waals surface area contributed by atoms with Crippen LogP contribution in [0.5, 0.6) is 0 Å². The monoisotopic (exact) mass is 232 g/mol. The maximum atomic E-state index is 13.0. The van der Waals surface area contributed by atoms with Crippen molar-refractivity contribution >= 4 is 11.6 Å². The van der Waals surface area contributed by atoms with E-state index in [4.69, 9.17) is 5.26 Å². The van der Waals surface area contributed by atoms with E-state index in [1.807, 2.05) is 0 Å². The SMILES string of the molecule is N#CCC(=O)Nc1c(F)c(F)cc(F)c1F. The van der Waals surface area contributed by atoms with E-state index in [2.05, 4.69) is 0 Å². The first-order chi connectivity index (χ1) is 7.47. The Hall–Kier alpha value is -2.10. The average molecular weight is 232 g/mol. The largest absolute Gasteiger partial charge is 0.320 e. The zero-order valence-electron chi connectivity index (χ0n) is 7.65. The normalized spacial score (nSPS) is 9.69. The van der Waals surface area contributed by atoms with E-state index in [1.54, 1.807) is 5.32 Å². The zero-order chi connectivity index (χ0) is 12.3. The summed E-state index contributed by atoms with van der Waals surface area (Å²) >= 11 is 0. The van der Waals surface area contributed by atoms with Crippen molar-refractivity contribution in [2.45, 2.75) is 6.42 Å². The molecule has 0 atom stereocenters. The smallest absolute Gasteiger partial charge is 0.238 e. The minimum absolute atomic E-state index is 0.0185. The predicted molar refractivity (Wildman–Crippen MR) is 45.1 cm³/mol. The Balaban J connectivity index is 3.13. The first-order valence-electron chi connectivity index (χ1n) is 3.97. The van der Waals surface area contributed by atoms with Crippen molar-refractivity contribution in [3.8, 4) is 6.07 Å². The molecule has 16 heavy (non-hydrogen) atoms. The van der Waals surface area contributed by atoms with Gasteiger partial charge in [-0.15, -0.1) is 0 Å². The third-order valence-corrected chi connectivity index (χ3v) is 1.62. The third kappa shape index (κ3) is 2.28. The van der Waals surface area contributed by atoms with E-state index in [-0.39, 0.29) is 6.07 Å². The molecule has 0 heterocycles. The van der Waals surface area contributed by atoms with Gasteiger partial charge >= 0.3 is 0 Å². The molecule has 0 aliphatic heterocycles. The Labute approximate surface area is 87.3 Å². The molecule has 0 spiro atoms. The number of nitrogens with one attached hydrogen (secondary N) is 1. The van der Waals surface area contributed by atoms with E-state index in [1.165, 1.54) is 6.07 Å². The van der Waals surface area contributed by atoms with Crippen molar-refractivity contribution in [1.29, 1.82) is 5.26 Å². The minimum Gasteiger partial charge on any atom is -0.320 e. The number of carbonyl (C=O) groups excluding carboxylic acids is 1. The second-order valence-electron chi connectivity index (χ2n) is 2.73. The number of nitriles is 1. The van der Waals surface area contributed by atoms with Crippen molar-refractivity contribution in [2.75, 3.05) is 5.32 Å². The second kappa shape index (κ2) is 4.61. The second-order valence-corrected chi connectivity index (χ2v) is 2.73. The summed E-state index contributed by atoms with van der Waals surface area (Å²) in [5.74, 6) is -7.77. The van der Waals surface area contributed by atoms with Gasteiger partial charge in [-0.2, -0.15) is 5.26 Å². The predicted octanol–water partition coefficient (Wildman–Crippen LogP) is 2.10.